The van der Waals surface area contributed by atoms with Gasteiger partial charge in [0.1, 0.15) is 11.6 Å². The summed E-state index contributed by atoms with van der Waals surface area (Å²) in [5.41, 5.74) is 0. The molecule has 45 heavy (non-hydrogen) atoms. The molecule has 0 aromatic carbocycles. The molecule has 1 unspecified atom stereocenters. The standard InChI is InChI=1S/C41H74O4/c1-3-5-7-9-11-13-15-17-19-21-23-25-27-29-31-33-39(42)37-38(35-36-41(44)45)40(43)34-32-30-28-26-24-22-20-18-16-14-12-10-8-6-4-2/h17-20,38H,3-16,21-37H2,1-2H3,(H,44,45). The number of aliphatic carboxylic acids is 1. The summed E-state index contributed by atoms with van der Waals surface area (Å²) in [5.74, 6) is -1.10. The minimum absolute atomic E-state index is 0.0382. The lowest BCUT2D eigenvalue weighted by Gasteiger charge is -2.14. The minimum atomic E-state index is -0.890. The van der Waals surface area contributed by atoms with Crippen molar-refractivity contribution in [3.8, 4) is 0 Å². The maximum absolute atomic E-state index is 12.9. The molecule has 0 saturated heterocycles. The SMILES string of the molecule is CCCCCCCCC=CCCCCCCCC(=O)CC(CCC(=O)O)C(=O)CCCCCCCC=CCCCCCCCC. The molecule has 4 heteroatoms. The monoisotopic (exact) mass is 631 g/mol. The largest absolute Gasteiger partial charge is 0.481 e. The number of carboxylic acid groups (broad SMARTS) is 1. The van der Waals surface area contributed by atoms with E-state index in [-0.39, 0.29) is 30.8 Å². The van der Waals surface area contributed by atoms with Crippen molar-refractivity contribution >= 4 is 17.5 Å². The van der Waals surface area contributed by atoms with Crippen LogP contribution in [-0.2, 0) is 14.4 Å². The number of hydrogen-bond acceptors (Lipinski definition) is 3. The minimum Gasteiger partial charge on any atom is -0.481 e. The number of ketones is 2. The summed E-state index contributed by atoms with van der Waals surface area (Å²) in [6.45, 7) is 4.52. The first kappa shape index (κ1) is 43.3. The van der Waals surface area contributed by atoms with Crippen molar-refractivity contribution in [2.24, 2.45) is 5.92 Å². The fraction of sp³-hybridized carbons (Fsp3) is 0.829. The van der Waals surface area contributed by atoms with Crippen molar-refractivity contribution in [2.75, 3.05) is 0 Å². The predicted octanol–water partition coefficient (Wildman–Crippen LogP) is 13.1. The summed E-state index contributed by atoms with van der Waals surface area (Å²) < 4.78 is 0. The van der Waals surface area contributed by atoms with Crippen molar-refractivity contribution in [1.29, 1.82) is 0 Å². The summed E-state index contributed by atoms with van der Waals surface area (Å²) in [6.07, 6.45) is 42.6. The lowest BCUT2D eigenvalue weighted by atomic mass is 9.88. The van der Waals surface area contributed by atoms with Gasteiger partial charge < -0.3 is 5.11 Å². The second-order valence-corrected chi connectivity index (χ2v) is 13.5. The number of carbonyl (C=O) groups is 3. The Kier molecular flexibility index (Phi) is 33.8. The first-order chi connectivity index (χ1) is 22.0. The number of carboxylic acids is 1. The summed E-state index contributed by atoms with van der Waals surface area (Å²) in [7, 11) is 0. The molecular formula is C41H74O4. The Bertz CT molecular complexity index is 738. The Balaban J connectivity index is 3.92. The zero-order chi connectivity index (χ0) is 33.1. The summed E-state index contributed by atoms with van der Waals surface area (Å²) in [4.78, 5) is 36.7. The second kappa shape index (κ2) is 35.1. The van der Waals surface area contributed by atoms with Gasteiger partial charge in [-0.15, -0.1) is 0 Å². The molecule has 262 valence electrons. The second-order valence-electron chi connectivity index (χ2n) is 13.5. The number of hydrogen-bond donors (Lipinski definition) is 1. The highest BCUT2D eigenvalue weighted by Crippen LogP contribution is 2.20. The van der Waals surface area contributed by atoms with Gasteiger partial charge in [0, 0.05) is 31.6 Å². The number of allylic oxidation sites excluding steroid dienone is 4. The van der Waals surface area contributed by atoms with E-state index in [0.717, 1.165) is 51.4 Å². The van der Waals surface area contributed by atoms with Crippen LogP contribution in [0.25, 0.3) is 0 Å². The lowest BCUT2D eigenvalue weighted by molar-refractivity contribution is -0.138. The van der Waals surface area contributed by atoms with Gasteiger partial charge in [-0.1, -0.05) is 141 Å². The van der Waals surface area contributed by atoms with Crippen LogP contribution in [0.3, 0.4) is 0 Å². The Morgan fingerprint density at radius 2 is 0.822 bits per heavy atom. The van der Waals surface area contributed by atoms with Gasteiger partial charge >= 0.3 is 5.97 Å². The van der Waals surface area contributed by atoms with E-state index in [0.29, 0.717) is 12.8 Å². The van der Waals surface area contributed by atoms with Crippen LogP contribution < -0.4 is 0 Å². The topological polar surface area (TPSA) is 71.4 Å². The van der Waals surface area contributed by atoms with Crippen molar-refractivity contribution in [3.63, 3.8) is 0 Å². The average Bonchev–Trinajstić information content (AvgIpc) is 3.02. The van der Waals surface area contributed by atoms with Gasteiger partial charge in [-0.3, -0.25) is 14.4 Å². The van der Waals surface area contributed by atoms with Gasteiger partial charge in [0.15, 0.2) is 0 Å². The van der Waals surface area contributed by atoms with E-state index in [1.165, 1.54) is 116 Å². The molecule has 4 nitrogen and oxygen atoms in total. The van der Waals surface area contributed by atoms with Gasteiger partial charge in [0.2, 0.25) is 0 Å². The molecular weight excluding hydrogens is 556 g/mol. The molecule has 0 spiro atoms. The molecule has 0 aromatic heterocycles. The lowest BCUT2D eigenvalue weighted by Crippen LogP contribution is -2.20. The van der Waals surface area contributed by atoms with E-state index in [2.05, 4.69) is 38.2 Å². The van der Waals surface area contributed by atoms with E-state index in [4.69, 9.17) is 5.11 Å². The number of unbranched alkanes of at least 4 members (excludes halogenated alkanes) is 22. The third-order valence-electron chi connectivity index (χ3n) is 9.04. The van der Waals surface area contributed by atoms with E-state index in [1.54, 1.807) is 0 Å². The molecule has 1 N–H and O–H groups in total. The third-order valence-corrected chi connectivity index (χ3v) is 9.04. The van der Waals surface area contributed by atoms with E-state index in [1.807, 2.05) is 0 Å². The number of Topliss-reactive ketones (excluding diaryl/α,β-unsaturated/α-hetero) is 2. The molecule has 0 saturated carbocycles. The van der Waals surface area contributed by atoms with Gasteiger partial charge in [-0.05, 0) is 70.6 Å². The third kappa shape index (κ3) is 33.5. The maximum Gasteiger partial charge on any atom is 0.303 e. The zero-order valence-corrected chi connectivity index (χ0v) is 30.0. The van der Waals surface area contributed by atoms with Gasteiger partial charge in [0.25, 0.3) is 0 Å². The number of carbonyl (C=O) groups excluding carboxylic acids is 2. The van der Waals surface area contributed by atoms with Crippen molar-refractivity contribution in [3.05, 3.63) is 24.3 Å². The maximum atomic E-state index is 12.9. The predicted molar refractivity (Wildman–Crippen MR) is 194 cm³/mol. The first-order valence-corrected chi connectivity index (χ1v) is 19.6. The Labute approximate surface area is 279 Å². The van der Waals surface area contributed by atoms with Crippen LogP contribution in [-0.4, -0.2) is 22.6 Å². The van der Waals surface area contributed by atoms with E-state index < -0.39 is 11.9 Å². The van der Waals surface area contributed by atoms with Crippen LogP contribution in [0, 0.1) is 5.92 Å². The molecule has 0 radical (unpaired) electrons. The first-order valence-electron chi connectivity index (χ1n) is 19.6. The van der Waals surface area contributed by atoms with Crippen LogP contribution in [0.2, 0.25) is 0 Å². The number of rotatable bonds is 36. The van der Waals surface area contributed by atoms with Crippen molar-refractivity contribution in [2.45, 2.75) is 213 Å². The van der Waals surface area contributed by atoms with Gasteiger partial charge in [-0.2, -0.15) is 0 Å². The summed E-state index contributed by atoms with van der Waals surface area (Å²) in [5, 5.41) is 9.14. The fourth-order valence-electron chi connectivity index (χ4n) is 6.02. The van der Waals surface area contributed by atoms with Crippen LogP contribution in [0.4, 0.5) is 0 Å². The van der Waals surface area contributed by atoms with E-state index >= 15 is 0 Å². The molecule has 0 rings (SSSR count). The van der Waals surface area contributed by atoms with E-state index in [9.17, 15) is 14.4 Å². The molecule has 0 aliphatic carbocycles. The molecule has 0 fully saturated rings. The Hall–Kier alpha value is -1.71. The molecule has 0 aliphatic heterocycles. The van der Waals surface area contributed by atoms with Crippen LogP contribution in [0.1, 0.15) is 213 Å². The summed E-state index contributed by atoms with van der Waals surface area (Å²) in [6, 6.07) is 0. The molecule has 0 heterocycles. The molecule has 1 atom stereocenters. The smallest absolute Gasteiger partial charge is 0.303 e. The van der Waals surface area contributed by atoms with Crippen LogP contribution in [0.5, 0.6) is 0 Å². The zero-order valence-electron chi connectivity index (χ0n) is 30.0. The fourth-order valence-corrected chi connectivity index (χ4v) is 6.02. The van der Waals surface area contributed by atoms with Crippen LogP contribution >= 0.6 is 0 Å². The van der Waals surface area contributed by atoms with Gasteiger partial charge in [0.05, 0.1) is 0 Å². The average molecular weight is 631 g/mol. The van der Waals surface area contributed by atoms with Crippen molar-refractivity contribution < 1.29 is 19.5 Å². The highest BCUT2D eigenvalue weighted by Gasteiger charge is 2.22. The molecule has 0 aliphatic rings. The molecule has 0 amide bonds. The molecule has 0 bridgehead atoms. The summed E-state index contributed by atoms with van der Waals surface area (Å²) >= 11 is 0. The quantitative estimate of drug-likeness (QED) is 0.0552. The molecule has 0 aromatic rings. The highest BCUT2D eigenvalue weighted by molar-refractivity contribution is 5.88. The normalized spacial score (nSPS) is 12.4. The Morgan fingerprint density at radius 1 is 0.467 bits per heavy atom. The Morgan fingerprint density at radius 3 is 1.22 bits per heavy atom. The van der Waals surface area contributed by atoms with Crippen LogP contribution in [0.15, 0.2) is 24.3 Å². The highest BCUT2D eigenvalue weighted by atomic mass is 16.4. The van der Waals surface area contributed by atoms with Crippen molar-refractivity contribution in [1.82, 2.24) is 0 Å². The van der Waals surface area contributed by atoms with Gasteiger partial charge in [-0.25, -0.2) is 0 Å².